The number of halogens is 2. The van der Waals surface area contributed by atoms with E-state index in [4.69, 9.17) is 4.74 Å². The van der Waals surface area contributed by atoms with Crippen LogP contribution >= 0.6 is 24.0 Å². The molecule has 0 bridgehead atoms. The molecule has 0 saturated carbocycles. The summed E-state index contributed by atoms with van der Waals surface area (Å²) < 4.78 is 20.0. The quantitative estimate of drug-likeness (QED) is 0.226. The number of hydrogen-bond donors (Lipinski definition) is 3. The van der Waals surface area contributed by atoms with Crippen molar-refractivity contribution in [3.63, 3.8) is 0 Å². The molecule has 1 fully saturated rings. The molecule has 3 N–H and O–H groups in total. The normalized spacial score (nSPS) is 14.3. The van der Waals surface area contributed by atoms with Gasteiger partial charge < -0.3 is 25.3 Å². The number of H-pyrrole nitrogens is 1. The summed E-state index contributed by atoms with van der Waals surface area (Å²) in [7, 11) is 0. The van der Waals surface area contributed by atoms with Crippen LogP contribution in [-0.2, 0) is 17.7 Å². The minimum atomic E-state index is -0.202. The summed E-state index contributed by atoms with van der Waals surface area (Å²) in [6.45, 7) is 8.81. The van der Waals surface area contributed by atoms with Gasteiger partial charge in [0.25, 0.3) is 0 Å². The van der Waals surface area contributed by atoms with Gasteiger partial charge in [-0.2, -0.15) is 0 Å². The molecule has 0 radical (unpaired) electrons. The third-order valence-corrected chi connectivity index (χ3v) is 5.74. The Kier molecular flexibility index (Phi) is 9.37. The maximum absolute atomic E-state index is 14.7. The highest BCUT2D eigenvalue weighted by atomic mass is 127. The maximum Gasteiger partial charge on any atom is 0.191 e. The molecular formula is C25H33FIN5O. The molecule has 0 amide bonds. The van der Waals surface area contributed by atoms with Crippen molar-refractivity contribution in [3.8, 4) is 0 Å². The van der Waals surface area contributed by atoms with E-state index in [1.807, 2.05) is 24.0 Å². The van der Waals surface area contributed by atoms with Crippen molar-refractivity contribution < 1.29 is 9.13 Å². The van der Waals surface area contributed by atoms with Crippen LogP contribution in [0.15, 0.2) is 47.6 Å². The molecule has 1 aromatic heterocycles. The van der Waals surface area contributed by atoms with Gasteiger partial charge in [0.05, 0.1) is 25.4 Å². The van der Waals surface area contributed by atoms with E-state index >= 15 is 0 Å². The van der Waals surface area contributed by atoms with Crippen LogP contribution in [0.1, 0.15) is 23.6 Å². The molecule has 8 heteroatoms. The second-order valence-corrected chi connectivity index (χ2v) is 8.12. The number of guanidine groups is 1. The van der Waals surface area contributed by atoms with Gasteiger partial charge in [-0.05, 0) is 55.2 Å². The molecule has 0 spiro atoms. The Bertz CT molecular complexity index is 1080. The molecule has 1 saturated heterocycles. The Morgan fingerprint density at radius 3 is 2.73 bits per heavy atom. The van der Waals surface area contributed by atoms with E-state index in [9.17, 15) is 4.39 Å². The summed E-state index contributed by atoms with van der Waals surface area (Å²) in [5.74, 6) is 0.535. The van der Waals surface area contributed by atoms with Gasteiger partial charge in [-0.3, -0.25) is 0 Å². The molecule has 0 unspecified atom stereocenters. The lowest BCUT2D eigenvalue weighted by Gasteiger charge is -2.29. The third kappa shape index (κ3) is 6.60. The number of aryl methyl sites for hydroxylation is 1. The molecule has 0 aliphatic carbocycles. The van der Waals surface area contributed by atoms with Gasteiger partial charge in [-0.15, -0.1) is 24.0 Å². The number of rotatable bonds is 7. The lowest BCUT2D eigenvalue weighted by Crippen LogP contribution is -2.38. The van der Waals surface area contributed by atoms with Crippen molar-refractivity contribution in [2.24, 2.45) is 4.99 Å². The zero-order valence-electron chi connectivity index (χ0n) is 19.3. The summed E-state index contributed by atoms with van der Waals surface area (Å²) in [5.41, 5.74) is 5.19. The number of benzene rings is 2. The molecule has 2 heterocycles. The molecule has 1 aliphatic heterocycles. The summed E-state index contributed by atoms with van der Waals surface area (Å²) in [4.78, 5) is 10.0. The molecule has 6 nitrogen and oxygen atoms in total. The van der Waals surface area contributed by atoms with Gasteiger partial charge >= 0.3 is 0 Å². The first-order valence-corrected chi connectivity index (χ1v) is 11.3. The number of aromatic nitrogens is 1. The third-order valence-electron chi connectivity index (χ3n) is 5.74. The highest BCUT2D eigenvalue weighted by Crippen LogP contribution is 2.22. The largest absolute Gasteiger partial charge is 0.378 e. The van der Waals surface area contributed by atoms with Gasteiger partial charge in [-0.1, -0.05) is 18.2 Å². The summed E-state index contributed by atoms with van der Waals surface area (Å²) in [5, 5.41) is 7.92. The van der Waals surface area contributed by atoms with Gasteiger partial charge in [0.15, 0.2) is 5.96 Å². The van der Waals surface area contributed by atoms with E-state index in [1.54, 1.807) is 6.07 Å². The van der Waals surface area contributed by atoms with Crippen LogP contribution in [0.5, 0.6) is 0 Å². The standard InChI is InChI=1S/C25H32FN5O.HI/c1-3-27-25(28-9-8-20-17-29-23-14-18(2)4-6-21(20)23)30-16-19-5-7-24(22(26)15-19)31-10-12-32-13-11-31;/h4-7,14-15,17,29H,3,8-13,16H2,1-2H3,(H2,27,28,30);1H. The Balaban J connectivity index is 0.00000306. The van der Waals surface area contributed by atoms with Gasteiger partial charge in [0.1, 0.15) is 5.82 Å². The SMILES string of the molecule is CCNC(=NCc1ccc(N2CCOCC2)c(F)c1)NCCc1c[nH]c2cc(C)ccc12.I. The molecule has 0 atom stereocenters. The van der Waals surface area contributed by atoms with Crippen molar-refractivity contribution in [2.45, 2.75) is 26.8 Å². The zero-order valence-corrected chi connectivity index (χ0v) is 21.6. The van der Waals surface area contributed by atoms with Crippen LogP contribution in [0.2, 0.25) is 0 Å². The van der Waals surface area contributed by atoms with Crippen LogP contribution in [-0.4, -0.2) is 50.3 Å². The van der Waals surface area contributed by atoms with Crippen LogP contribution in [0.3, 0.4) is 0 Å². The fourth-order valence-electron chi connectivity index (χ4n) is 4.04. The number of aliphatic imine (C=N–C) groups is 1. The van der Waals surface area contributed by atoms with Crippen LogP contribution in [0.25, 0.3) is 10.9 Å². The molecule has 3 aromatic rings. The Morgan fingerprint density at radius 1 is 1.15 bits per heavy atom. The highest BCUT2D eigenvalue weighted by molar-refractivity contribution is 14.0. The maximum atomic E-state index is 14.7. The van der Waals surface area contributed by atoms with Crippen molar-refractivity contribution in [1.29, 1.82) is 0 Å². The topological polar surface area (TPSA) is 64.7 Å². The predicted molar refractivity (Wildman–Crippen MR) is 144 cm³/mol. The van der Waals surface area contributed by atoms with E-state index < -0.39 is 0 Å². The van der Waals surface area contributed by atoms with E-state index in [2.05, 4.69) is 51.9 Å². The fourth-order valence-corrected chi connectivity index (χ4v) is 4.04. The Labute approximate surface area is 212 Å². The number of anilines is 1. The molecule has 33 heavy (non-hydrogen) atoms. The average Bonchev–Trinajstić information content (AvgIpc) is 3.20. The molecule has 4 rings (SSSR count). The molecule has 1 aliphatic rings. The number of hydrogen-bond acceptors (Lipinski definition) is 3. The Hall–Kier alpha value is -2.33. The lowest BCUT2D eigenvalue weighted by atomic mass is 10.1. The number of fused-ring (bicyclic) bond motifs is 1. The minimum absolute atomic E-state index is 0. The van der Waals surface area contributed by atoms with Crippen LogP contribution in [0.4, 0.5) is 10.1 Å². The van der Waals surface area contributed by atoms with E-state index in [0.29, 0.717) is 25.4 Å². The lowest BCUT2D eigenvalue weighted by molar-refractivity contribution is 0.122. The van der Waals surface area contributed by atoms with E-state index in [-0.39, 0.29) is 29.8 Å². The highest BCUT2D eigenvalue weighted by Gasteiger charge is 2.15. The summed E-state index contributed by atoms with van der Waals surface area (Å²) in [6, 6.07) is 11.9. The van der Waals surface area contributed by atoms with Crippen LogP contribution in [0, 0.1) is 12.7 Å². The molecule has 2 aromatic carbocycles. The number of ether oxygens (including phenoxy) is 1. The smallest absolute Gasteiger partial charge is 0.191 e. The molecule has 178 valence electrons. The first-order chi connectivity index (χ1) is 15.6. The molecular weight excluding hydrogens is 532 g/mol. The van der Waals surface area contributed by atoms with Gasteiger partial charge in [0, 0.05) is 43.3 Å². The number of nitrogens with zero attached hydrogens (tertiary/aromatic N) is 2. The van der Waals surface area contributed by atoms with Crippen molar-refractivity contribution in [3.05, 3.63) is 65.1 Å². The van der Waals surface area contributed by atoms with E-state index in [0.717, 1.165) is 44.1 Å². The van der Waals surface area contributed by atoms with Crippen molar-refractivity contribution in [1.82, 2.24) is 15.6 Å². The average molecular weight is 565 g/mol. The predicted octanol–water partition coefficient (Wildman–Crippen LogP) is 4.37. The second kappa shape index (κ2) is 12.2. The van der Waals surface area contributed by atoms with Gasteiger partial charge in [0.2, 0.25) is 0 Å². The van der Waals surface area contributed by atoms with Crippen molar-refractivity contribution in [2.75, 3.05) is 44.3 Å². The monoisotopic (exact) mass is 565 g/mol. The summed E-state index contributed by atoms with van der Waals surface area (Å²) >= 11 is 0. The summed E-state index contributed by atoms with van der Waals surface area (Å²) in [6.07, 6.45) is 2.96. The Morgan fingerprint density at radius 2 is 1.97 bits per heavy atom. The fraction of sp³-hybridized carbons (Fsp3) is 0.400. The zero-order chi connectivity index (χ0) is 22.3. The van der Waals surface area contributed by atoms with Crippen molar-refractivity contribution >= 4 is 46.5 Å². The number of morpholine rings is 1. The first kappa shape index (κ1) is 25.3. The first-order valence-electron chi connectivity index (χ1n) is 11.3. The van der Waals surface area contributed by atoms with Gasteiger partial charge in [-0.25, -0.2) is 9.38 Å². The number of nitrogens with one attached hydrogen (secondary N) is 3. The second-order valence-electron chi connectivity index (χ2n) is 8.12. The van der Waals surface area contributed by atoms with E-state index in [1.165, 1.54) is 22.0 Å². The minimum Gasteiger partial charge on any atom is -0.378 e. The number of aromatic amines is 1. The van der Waals surface area contributed by atoms with Crippen LogP contribution < -0.4 is 15.5 Å².